The summed E-state index contributed by atoms with van der Waals surface area (Å²) in [6, 6.07) is 7.98. The molecule has 1 atom stereocenters. The Bertz CT molecular complexity index is 896. The molecule has 1 saturated heterocycles. The fourth-order valence-electron chi connectivity index (χ4n) is 2.62. The minimum atomic E-state index is -3.63. The molecule has 0 radical (unpaired) electrons. The molecule has 0 aliphatic carbocycles. The molecule has 1 aliphatic rings. The minimum Gasteiger partial charge on any atom is -0.471 e. The zero-order valence-corrected chi connectivity index (χ0v) is 14.7. The van der Waals surface area contributed by atoms with E-state index in [9.17, 15) is 8.42 Å². The van der Waals surface area contributed by atoms with Gasteiger partial charge in [-0.2, -0.15) is 9.57 Å². The van der Waals surface area contributed by atoms with E-state index >= 15 is 0 Å². The topological polar surface area (TPSA) is 96.2 Å². The van der Waals surface area contributed by atoms with Gasteiger partial charge in [-0.05, 0) is 37.1 Å². The van der Waals surface area contributed by atoms with Gasteiger partial charge in [0.2, 0.25) is 15.7 Å². The average Bonchev–Trinajstić information content (AvgIpc) is 2.63. The van der Waals surface area contributed by atoms with Crippen LogP contribution in [0.3, 0.4) is 0 Å². The summed E-state index contributed by atoms with van der Waals surface area (Å²) in [6.07, 6.45) is 3.78. The van der Waals surface area contributed by atoms with E-state index in [1.165, 1.54) is 28.8 Å². The quantitative estimate of drug-likeness (QED) is 0.809. The average molecular weight is 379 g/mol. The van der Waals surface area contributed by atoms with E-state index in [0.717, 1.165) is 0 Å². The van der Waals surface area contributed by atoms with Crippen LogP contribution in [-0.2, 0) is 10.0 Å². The minimum absolute atomic E-state index is 0.0835. The van der Waals surface area contributed by atoms with Crippen molar-refractivity contribution < 1.29 is 13.2 Å². The Morgan fingerprint density at radius 3 is 2.68 bits per heavy atom. The van der Waals surface area contributed by atoms with Gasteiger partial charge in [0, 0.05) is 24.0 Å². The number of aromatic nitrogens is 2. The van der Waals surface area contributed by atoms with E-state index in [4.69, 9.17) is 21.6 Å². The van der Waals surface area contributed by atoms with Gasteiger partial charge in [-0.3, -0.25) is 0 Å². The molecule has 1 aromatic heterocycles. The standard InChI is InChI=1S/C16H15ClN4O3S/c17-12-3-5-14(6-4-12)25(22,23)21-9-1-2-13(11-21)24-16-15(10-18)19-7-8-20-16/h3-8,13H,1-2,9,11H2/t13-/m0/s1. The first-order valence-corrected chi connectivity index (χ1v) is 9.46. The third-order valence-corrected chi connectivity index (χ3v) is 5.97. The monoisotopic (exact) mass is 378 g/mol. The lowest BCUT2D eigenvalue weighted by Gasteiger charge is -2.31. The van der Waals surface area contributed by atoms with Crippen molar-refractivity contribution in [3.8, 4) is 11.9 Å². The molecule has 130 valence electrons. The number of nitriles is 1. The first-order valence-electron chi connectivity index (χ1n) is 7.64. The third kappa shape index (κ3) is 3.90. The first-order chi connectivity index (χ1) is 12.0. The highest BCUT2D eigenvalue weighted by Crippen LogP contribution is 2.24. The van der Waals surface area contributed by atoms with Crippen LogP contribution < -0.4 is 4.74 Å². The summed E-state index contributed by atoms with van der Waals surface area (Å²) in [6.45, 7) is 0.600. The number of piperidine rings is 1. The van der Waals surface area contributed by atoms with Gasteiger partial charge in [0.25, 0.3) is 5.88 Å². The highest BCUT2D eigenvalue weighted by Gasteiger charge is 2.31. The van der Waals surface area contributed by atoms with Crippen molar-refractivity contribution in [2.45, 2.75) is 23.8 Å². The van der Waals surface area contributed by atoms with Crippen LogP contribution in [0.2, 0.25) is 5.02 Å². The molecule has 0 amide bonds. The van der Waals surface area contributed by atoms with Gasteiger partial charge in [-0.1, -0.05) is 11.6 Å². The zero-order valence-electron chi connectivity index (χ0n) is 13.2. The highest BCUT2D eigenvalue weighted by atomic mass is 35.5. The van der Waals surface area contributed by atoms with Crippen LogP contribution in [-0.4, -0.2) is 41.9 Å². The summed E-state index contributed by atoms with van der Waals surface area (Å²) in [5, 5.41) is 9.53. The van der Waals surface area contributed by atoms with Crippen molar-refractivity contribution in [3.05, 3.63) is 47.4 Å². The van der Waals surface area contributed by atoms with E-state index < -0.39 is 10.0 Å². The number of nitrogens with zero attached hydrogens (tertiary/aromatic N) is 4. The van der Waals surface area contributed by atoms with Crippen LogP contribution in [0.5, 0.6) is 5.88 Å². The van der Waals surface area contributed by atoms with Gasteiger partial charge < -0.3 is 4.74 Å². The largest absolute Gasteiger partial charge is 0.471 e. The number of ether oxygens (including phenoxy) is 1. The Hall–Kier alpha value is -2.21. The second-order valence-corrected chi connectivity index (χ2v) is 7.90. The molecule has 7 nitrogen and oxygen atoms in total. The van der Waals surface area contributed by atoms with E-state index in [2.05, 4.69) is 9.97 Å². The molecule has 0 bridgehead atoms. The lowest BCUT2D eigenvalue weighted by atomic mass is 10.1. The van der Waals surface area contributed by atoms with E-state index in [1.807, 2.05) is 6.07 Å². The van der Waals surface area contributed by atoms with Crippen LogP contribution in [0.25, 0.3) is 0 Å². The molecule has 0 unspecified atom stereocenters. The number of hydrogen-bond acceptors (Lipinski definition) is 6. The smallest absolute Gasteiger partial charge is 0.251 e. The summed E-state index contributed by atoms with van der Waals surface area (Å²) in [5.41, 5.74) is 0.0835. The molecule has 0 N–H and O–H groups in total. The molecule has 25 heavy (non-hydrogen) atoms. The van der Waals surface area contributed by atoms with Gasteiger partial charge >= 0.3 is 0 Å². The van der Waals surface area contributed by atoms with E-state index in [-0.39, 0.29) is 29.1 Å². The number of rotatable bonds is 4. The van der Waals surface area contributed by atoms with Crippen LogP contribution in [0, 0.1) is 11.3 Å². The van der Waals surface area contributed by atoms with Crippen molar-refractivity contribution in [2.75, 3.05) is 13.1 Å². The fraction of sp³-hybridized carbons (Fsp3) is 0.312. The summed E-state index contributed by atoms with van der Waals surface area (Å²) < 4.78 is 32.6. The lowest BCUT2D eigenvalue weighted by molar-refractivity contribution is 0.124. The zero-order chi connectivity index (χ0) is 17.9. The fourth-order valence-corrected chi connectivity index (χ4v) is 4.26. The molecule has 1 fully saturated rings. The summed E-state index contributed by atoms with van der Waals surface area (Å²) in [7, 11) is -3.63. The summed E-state index contributed by atoms with van der Waals surface area (Å²) in [5.74, 6) is 0.126. The Balaban J connectivity index is 1.77. The van der Waals surface area contributed by atoms with Crippen LogP contribution in [0.4, 0.5) is 0 Å². The molecular formula is C16H15ClN4O3S. The van der Waals surface area contributed by atoms with Crippen molar-refractivity contribution >= 4 is 21.6 Å². The van der Waals surface area contributed by atoms with Crippen LogP contribution in [0.15, 0.2) is 41.6 Å². The molecule has 0 spiro atoms. The van der Waals surface area contributed by atoms with E-state index in [0.29, 0.717) is 24.4 Å². The van der Waals surface area contributed by atoms with Gasteiger partial charge in [0.05, 0.1) is 11.4 Å². The summed E-state index contributed by atoms with van der Waals surface area (Å²) >= 11 is 5.82. The molecule has 9 heteroatoms. The normalized spacial score (nSPS) is 18.5. The molecule has 1 aliphatic heterocycles. The van der Waals surface area contributed by atoms with Crippen molar-refractivity contribution in [2.24, 2.45) is 0 Å². The molecule has 0 saturated carbocycles. The first kappa shape index (κ1) is 17.6. The van der Waals surface area contributed by atoms with Gasteiger partial charge in [0.1, 0.15) is 12.2 Å². The maximum Gasteiger partial charge on any atom is 0.251 e. The number of benzene rings is 1. The van der Waals surface area contributed by atoms with Gasteiger partial charge in [-0.15, -0.1) is 0 Å². The Morgan fingerprint density at radius 2 is 1.96 bits per heavy atom. The van der Waals surface area contributed by atoms with E-state index in [1.54, 1.807) is 12.1 Å². The predicted octanol–water partition coefficient (Wildman–Crippen LogP) is 2.23. The lowest BCUT2D eigenvalue weighted by Crippen LogP contribution is -2.44. The Labute approximate surface area is 150 Å². The maximum atomic E-state index is 12.8. The van der Waals surface area contributed by atoms with Gasteiger partial charge in [-0.25, -0.2) is 18.4 Å². The predicted molar refractivity (Wildman–Crippen MR) is 90.6 cm³/mol. The molecular weight excluding hydrogens is 364 g/mol. The highest BCUT2D eigenvalue weighted by molar-refractivity contribution is 7.89. The molecule has 2 aromatic rings. The van der Waals surface area contributed by atoms with Crippen LogP contribution in [0.1, 0.15) is 18.5 Å². The van der Waals surface area contributed by atoms with Crippen molar-refractivity contribution in [1.29, 1.82) is 5.26 Å². The third-order valence-electron chi connectivity index (χ3n) is 3.84. The second kappa shape index (κ2) is 7.35. The van der Waals surface area contributed by atoms with Crippen molar-refractivity contribution in [1.82, 2.24) is 14.3 Å². The second-order valence-electron chi connectivity index (χ2n) is 5.52. The maximum absolute atomic E-state index is 12.8. The van der Waals surface area contributed by atoms with Crippen LogP contribution >= 0.6 is 11.6 Å². The summed E-state index contributed by atoms with van der Waals surface area (Å²) in [4.78, 5) is 8.09. The van der Waals surface area contributed by atoms with Gasteiger partial charge in [0.15, 0.2) is 0 Å². The molecule has 3 rings (SSSR count). The number of hydrogen-bond donors (Lipinski definition) is 0. The molecule has 2 heterocycles. The molecule has 1 aromatic carbocycles. The SMILES string of the molecule is N#Cc1nccnc1O[C@H]1CCCN(S(=O)(=O)c2ccc(Cl)cc2)C1. The number of sulfonamides is 1. The number of halogens is 1. The van der Waals surface area contributed by atoms with Crippen molar-refractivity contribution in [3.63, 3.8) is 0 Å². The Morgan fingerprint density at radius 1 is 1.24 bits per heavy atom. The Kier molecular flexibility index (Phi) is 5.18.